The van der Waals surface area contributed by atoms with Gasteiger partial charge in [0, 0.05) is 25.2 Å². The number of morpholine rings is 1. The van der Waals surface area contributed by atoms with Gasteiger partial charge >= 0.3 is 0 Å². The third-order valence-corrected chi connectivity index (χ3v) is 3.30. The molecule has 2 heterocycles. The first-order valence-corrected chi connectivity index (χ1v) is 7.23. The maximum absolute atomic E-state index is 12.6. The molecule has 5 nitrogen and oxygen atoms in total. The van der Waals surface area contributed by atoms with Crippen molar-refractivity contribution in [2.24, 2.45) is 0 Å². The van der Waals surface area contributed by atoms with Crippen LogP contribution in [0.25, 0.3) is 0 Å². The average Bonchev–Trinajstić information content (AvgIpc) is 2.36. The number of aromatic nitrogens is 1. The van der Waals surface area contributed by atoms with Gasteiger partial charge in [-0.2, -0.15) is 0 Å². The van der Waals surface area contributed by atoms with Gasteiger partial charge in [0.15, 0.2) is 0 Å². The molecule has 1 fully saturated rings. The monoisotopic (exact) mass is 297 g/mol. The molecule has 0 bridgehead atoms. The topological polar surface area (TPSA) is 54.5 Å². The molecule has 2 rings (SSSR count). The van der Waals surface area contributed by atoms with Crippen molar-refractivity contribution in [1.82, 2.24) is 9.88 Å². The number of hydrogen-bond acceptors (Lipinski definition) is 4. The van der Waals surface area contributed by atoms with E-state index < -0.39 is 0 Å². The summed E-state index contributed by atoms with van der Waals surface area (Å²) in [5.74, 6) is 0.591. The highest BCUT2D eigenvalue weighted by Crippen LogP contribution is 2.19. The lowest BCUT2D eigenvalue weighted by Crippen LogP contribution is -2.48. The van der Waals surface area contributed by atoms with Crippen molar-refractivity contribution in [3.05, 3.63) is 22.8 Å². The molecule has 0 radical (unpaired) electrons. The van der Waals surface area contributed by atoms with E-state index in [-0.39, 0.29) is 18.1 Å². The van der Waals surface area contributed by atoms with Gasteiger partial charge in [0.1, 0.15) is 11.0 Å². The van der Waals surface area contributed by atoms with E-state index in [0.29, 0.717) is 29.6 Å². The molecule has 1 aromatic rings. The lowest BCUT2D eigenvalue weighted by atomic mass is 10.1. The third-order valence-electron chi connectivity index (χ3n) is 3.11. The number of nitrogens with zero attached hydrogens (tertiary/aromatic N) is 2. The third kappa shape index (κ3) is 3.61. The normalized spacial score (nSPS) is 22.7. The van der Waals surface area contributed by atoms with Crippen molar-refractivity contribution in [3.63, 3.8) is 0 Å². The van der Waals surface area contributed by atoms with E-state index in [1.54, 1.807) is 17.0 Å². The van der Waals surface area contributed by atoms with Crippen LogP contribution < -0.4 is 5.32 Å². The van der Waals surface area contributed by atoms with Gasteiger partial charge in [0.05, 0.1) is 12.2 Å². The van der Waals surface area contributed by atoms with E-state index >= 15 is 0 Å². The van der Waals surface area contributed by atoms with Crippen LogP contribution in [-0.2, 0) is 4.74 Å². The van der Waals surface area contributed by atoms with Gasteiger partial charge < -0.3 is 15.0 Å². The molecule has 0 spiro atoms. The van der Waals surface area contributed by atoms with Gasteiger partial charge in [-0.15, -0.1) is 0 Å². The van der Waals surface area contributed by atoms with Crippen LogP contribution in [-0.4, -0.2) is 47.6 Å². The quantitative estimate of drug-likeness (QED) is 0.871. The van der Waals surface area contributed by atoms with Crippen LogP contribution in [0.2, 0.25) is 5.15 Å². The van der Waals surface area contributed by atoms with E-state index in [4.69, 9.17) is 16.3 Å². The highest BCUT2D eigenvalue weighted by molar-refractivity contribution is 6.29. The molecule has 1 N–H and O–H groups in total. The summed E-state index contributed by atoms with van der Waals surface area (Å²) >= 11 is 5.98. The molecular formula is C14H20ClN3O2. The zero-order valence-corrected chi connectivity index (χ0v) is 12.8. The Morgan fingerprint density at radius 2 is 2.10 bits per heavy atom. The Morgan fingerprint density at radius 1 is 1.45 bits per heavy atom. The molecule has 110 valence electrons. The largest absolute Gasteiger partial charge is 0.372 e. The minimum absolute atomic E-state index is 0.0320. The lowest BCUT2D eigenvalue weighted by Gasteiger charge is -2.35. The molecule has 1 aliphatic rings. The Balaban J connectivity index is 2.19. The second-order valence-corrected chi connectivity index (χ2v) is 5.45. The van der Waals surface area contributed by atoms with Crippen LogP contribution in [0.5, 0.6) is 0 Å². The lowest BCUT2D eigenvalue weighted by molar-refractivity contribution is -0.0586. The fourth-order valence-electron chi connectivity index (χ4n) is 2.42. The zero-order valence-electron chi connectivity index (χ0n) is 12.0. The van der Waals surface area contributed by atoms with Crippen LogP contribution in [0.15, 0.2) is 12.1 Å². The second-order valence-electron chi connectivity index (χ2n) is 5.06. The fraction of sp³-hybridized carbons (Fsp3) is 0.571. The molecule has 0 aliphatic carbocycles. The fourth-order valence-corrected chi connectivity index (χ4v) is 2.63. The number of nitrogens with one attached hydrogen (secondary N) is 1. The molecule has 1 aromatic heterocycles. The Hall–Kier alpha value is -1.33. The summed E-state index contributed by atoms with van der Waals surface area (Å²) in [7, 11) is 0. The number of carbonyl (C=O) groups excluding carboxylic acids is 1. The summed E-state index contributed by atoms with van der Waals surface area (Å²) in [6.45, 7) is 7.83. The van der Waals surface area contributed by atoms with E-state index in [1.165, 1.54) is 0 Å². The van der Waals surface area contributed by atoms with E-state index in [9.17, 15) is 4.79 Å². The van der Waals surface area contributed by atoms with Crippen LogP contribution in [0.3, 0.4) is 0 Å². The summed E-state index contributed by atoms with van der Waals surface area (Å²) < 4.78 is 5.64. The van der Waals surface area contributed by atoms with Crippen LogP contribution >= 0.6 is 11.6 Å². The number of ether oxygens (including phenoxy) is 1. The molecule has 2 atom stereocenters. The molecule has 1 aliphatic heterocycles. The minimum atomic E-state index is -0.0320. The van der Waals surface area contributed by atoms with Crippen molar-refractivity contribution in [1.29, 1.82) is 0 Å². The van der Waals surface area contributed by atoms with Gasteiger partial charge in [-0.3, -0.25) is 4.79 Å². The number of amides is 1. The predicted molar refractivity (Wildman–Crippen MR) is 79.3 cm³/mol. The van der Waals surface area contributed by atoms with Gasteiger partial charge in [-0.25, -0.2) is 4.98 Å². The first-order chi connectivity index (χ1) is 9.49. The van der Waals surface area contributed by atoms with Crippen molar-refractivity contribution in [3.8, 4) is 0 Å². The molecular weight excluding hydrogens is 278 g/mol. The number of halogens is 1. The molecule has 1 saturated heterocycles. The standard InChI is InChI=1S/C14H20ClN3O2/c1-4-16-13-6-11(5-12(15)17-13)14(19)18-7-9(2)20-10(3)8-18/h5-6,9-10H,4,7-8H2,1-3H3,(H,16,17). The van der Waals surface area contributed by atoms with E-state index in [2.05, 4.69) is 10.3 Å². The first-order valence-electron chi connectivity index (χ1n) is 6.85. The van der Waals surface area contributed by atoms with E-state index in [1.807, 2.05) is 20.8 Å². The second kappa shape index (κ2) is 6.41. The Kier molecular flexibility index (Phi) is 4.83. The molecule has 2 unspecified atom stereocenters. The van der Waals surface area contributed by atoms with Crippen molar-refractivity contribution in [2.75, 3.05) is 25.0 Å². The molecule has 20 heavy (non-hydrogen) atoms. The minimum Gasteiger partial charge on any atom is -0.372 e. The van der Waals surface area contributed by atoms with Gasteiger partial charge in [-0.05, 0) is 32.9 Å². The summed E-state index contributed by atoms with van der Waals surface area (Å²) in [6.07, 6.45) is 0.0986. The number of anilines is 1. The highest BCUT2D eigenvalue weighted by atomic mass is 35.5. The van der Waals surface area contributed by atoms with Crippen molar-refractivity contribution in [2.45, 2.75) is 33.0 Å². The molecule has 6 heteroatoms. The molecule has 0 aromatic carbocycles. The summed E-state index contributed by atoms with van der Waals surface area (Å²) in [4.78, 5) is 18.5. The Labute approximate surface area is 124 Å². The maximum atomic E-state index is 12.6. The van der Waals surface area contributed by atoms with Crippen LogP contribution in [0, 0.1) is 0 Å². The smallest absolute Gasteiger partial charge is 0.254 e. The average molecular weight is 298 g/mol. The number of hydrogen-bond donors (Lipinski definition) is 1. The Bertz CT molecular complexity index is 485. The highest BCUT2D eigenvalue weighted by Gasteiger charge is 2.27. The predicted octanol–water partition coefficient (Wildman–Crippen LogP) is 2.42. The van der Waals surface area contributed by atoms with Crippen LogP contribution in [0.4, 0.5) is 5.82 Å². The van der Waals surface area contributed by atoms with Crippen molar-refractivity contribution < 1.29 is 9.53 Å². The number of pyridine rings is 1. The molecule has 0 saturated carbocycles. The van der Waals surface area contributed by atoms with E-state index in [0.717, 1.165) is 6.54 Å². The number of rotatable bonds is 3. The number of carbonyl (C=O) groups is 1. The van der Waals surface area contributed by atoms with Crippen molar-refractivity contribution >= 4 is 23.3 Å². The summed E-state index contributed by atoms with van der Waals surface area (Å²) in [5.41, 5.74) is 0.558. The van der Waals surface area contributed by atoms with Gasteiger partial charge in [0.25, 0.3) is 5.91 Å². The van der Waals surface area contributed by atoms with Gasteiger partial charge in [-0.1, -0.05) is 11.6 Å². The van der Waals surface area contributed by atoms with Gasteiger partial charge in [0.2, 0.25) is 0 Å². The SMILES string of the molecule is CCNc1cc(C(=O)N2CC(C)OC(C)C2)cc(Cl)n1. The summed E-state index contributed by atoms with van der Waals surface area (Å²) in [6, 6.07) is 3.35. The molecule has 1 amide bonds. The summed E-state index contributed by atoms with van der Waals surface area (Å²) in [5, 5.41) is 3.39. The maximum Gasteiger partial charge on any atom is 0.254 e. The first kappa shape index (κ1) is 15.1. The zero-order chi connectivity index (χ0) is 14.7. The van der Waals surface area contributed by atoms with Crippen LogP contribution in [0.1, 0.15) is 31.1 Å². The Morgan fingerprint density at radius 3 is 2.70 bits per heavy atom.